The van der Waals surface area contributed by atoms with Gasteiger partial charge in [-0.05, 0) is 68.7 Å². The second kappa shape index (κ2) is 11.7. The third kappa shape index (κ3) is 7.41. The number of ether oxygens (including phenoxy) is 1. The first-order valence-electron chi connectivity index (χ1n) is 10.0. The van der Waals surface area contributed by atoms with Gasteiger partial charge in [0.25, 0.3) is 5.91 Å². The Labute approximate surface area is 202 Å². The number of hydrogen-bond acceptors (Lipinski definition) is 3. The van der Waals surface area contributed by atoms with E-state index in [2.05, 4.69) is 21.2 Å². The van der Waals surface area contributed by atoms with Crippen LogP contribution in [0.2, 0.25) is 10.0 Å². The number of carbonyl (C=O) groups is 2. The predicted molar refractivity (Wildman–Crippen MR) is 129 cm³/mol. The summed E-state index contributed by atoms with van der Waals surface area (Å²) in [5, 5.41) is 3.87. The van der Waals surface area contributed by atoms with E-state index in [0.29, 0.717) is 21.4 Å². The van der Waals surface area contributed by atoms with Crippen LogP contribution in [0.5, 0.6) is 5.75 Å². The summed E-state index contributed by atoms with van der Waals surface area (Å²) in [5.41, 5.74) is 1.69. The highest BCUT2D eigenvalue weighted by atomic mass is 79.9. The molecule has 5 nitrogen and oxygen atoms in total. The van der Waals surface area contributed by atoms with E-state index in [0.717, 1.165) is 16.5 Å². The van der Waals surface area contributed by atoms with E-state index in [1.807, 2.05) is 32.9 Å². The monoisotopic (exact) mass is 528 g/mol. The zero-order valence-electron chi connectivity index (χ0n) is 18.0. The Balaban J connectivity index is 2.21. The maximum atomic E-state index is 13.1. The molecule has 0 spiro atoms. The van der Waals surface area contributed by atoms with Crippen molar-refractivity contribution >= 4 is 50.9 Å². The number of hydrogen-bond donors (Lipinski definition) is 1. The first kappa shape index (κ1) is 25.5. The van der Waals surface area contributed by atoms with Gasteiger partial charge >= 0.3 is 0 Å². The smallest absolute Gasteiger partial charge is 0.261 e. The topological polar surface area (TPSA) is 58.6 Å². The standard InChI is InChI=1S/C23H27BrCl2N2O3/c1-5-15(3)27-23(30)16(4)28(12-17-6-7-18(25)11-21(17)26)22(29)13-31-19-8-9-20(24)14(2)10-19/h6-11,15-16H,5,12-13H2,1-4H3,(H,27,30). The number of benzene rings is 2. The fourth-order valence-electron chi connectivity index (χ4n) is 2.82. The summed E-state index contributed by atoms with van der Waals surface area (Å²) < 4.78 is 6.66. The van der Waals surface area contributed by atoms with Gasteiger partial charge in [-0.1, -0.05) is 52.1 Å². The third-order valence-electron chi connectivity index (χ3n) is 5.02. The van der Waals surface area contributed by atoms with Crippen molar-refractivity contribution in [1.29, 1.82) is 0 Å². The fraction of sp³-hybridized carbons (Fsp3) is 0.391. The van der Waals surface area contributed by atoms with Crippen LogP contribution in [0, 0.1) is 6.92 Å². The lowest BCUT2D eigenvalue weighted by atomic mass is 10.1. The average Bonchev–Trinajstić information content (AvgIpc) is 2.73. The fourth-order valence-corrected chi connectivity index (χ4v) is 3.53. The van der Waals surface area contributed by atoms with Crippen LogP contribution < -0.4 is 10.1 Å². The Hall–Kier alpha value is -1.76. The Morgan fingerprint density at radius 3 is 2.48 bits per heavy atom. The summed E-state index contributed by atoms with van der Waals surface area (Å²) in [6.45, 7) is 7.50. The normalized spacial score (nSPS) is 12.7. The average molecular weight is 530 g/mol. The second-order valence-corrected chi connectivity index (χ2v) is 9.15. The number of carbonyl (C=O) groups excluding carboxylic acids is 2. The summed E-state index contributed by atoms with van der Waals surface area (Å²) >= 11 is 15.8. The van der Waals surface area contributed by atoms with Crippen LogP contribution in [-0.2, 0) is 16.1 Å². The van der Waals surface area contributed by atoms with E-state index >= 15 is 0 Å². The molecule has 0 aliphatic carbocycles. The molecule has 8 heteroatoms. The van der Waals surface area contributed by atoms with E-state index in [1.54, 1.807) is 31.2 Å². The van der Waals surface area contributed by atoms with Crippen LogP contribution in [0.3, 0.4) is 0 Å². The molecule has 0 aliphatic heterocycles. The van der Waals surface area contributed by atoms with Gasteiger partial charge in [0.05, 0.1) is 0 Å². The number of nitrogens with zero attached hydrogens (tertiary/aromatic N) is 1. The molecule has 0 saturated heterocycles. The minimum Gasteiger partial charge on any atom is -0.484 e. The molecule has 2 aromatic rings. The molecule has 0 aromatic heterocycles. The van der Waals surface area contributed by atoms with Gasteiger partial charge in [-0.15, -0.1) is 0 Å². The SMILES string of the molecule is CCC(C)NC(=O)C(C)N(Cc1ccc(Cl)cc1Cl)C(=O)COc1ccc(Br)c(C)c1. The summed E-state index contributed by atoms with van der Waals surface area (Å²) in [5.74, 6) is 0.0286. The van der Waals surface area contributed by atoms with Crippen LogP contribution in [0.15, 0.2) is 40.9 Å². The Bertz CT molecular complexity index is 939. The van der Waals surface area contributed by atoms with Gasteiger partial charge in [-0.2, -0.15) is 0 Å². The molecule has 0 radical (unpaired) electrons. The van der Waals surface area contributed by atoms with Crippen LogP contribution >= 0.6 is 39.1 Å². The number of halogens is 3. The maximum absolute atomic E-state index is 13.1. The van der Waals surface area contributed by atoms with Crippen molar-refractivity contribution in [1.82, 2.24) is 10.2 Å². The molecule has 2 rings (SSSR count). The molecule has 168 valence electrons. The number of rotatable bonds is 9. The van der Waals surface area contributed by atoms with Crippen LogP contribution in [0.4, 0.5) is 0 Å². The largest absolute Gasteiger partial charge is 0.484 e. The van der Waals surface area contributed by atoms with Gasteiger partial charge in [0, 0.05) is 27.1 Å². The minimum atomic E-state index is -0.705. The molecular formula is C23H27BrCl2N2O3. The Kier molecular flexibility index (Phi) is 9.66. The molecule has 31 heavy (non-hydrogen) atoms. The number of nitrogens with one attached hydrogen (secondary N) is 1. The van der Waals surface area contributed by atoms with E-state index in [1.165, 1.54) is 4.90 Å². The molecular weight excluding hydrogens is 503 g/mol. The van der Waals surface area contributed by atoms with E-state index in [9.17, 15) is 9.59 Å². The highest BCUT2D eigenvalue weighted by molar-refractivity contribution is 9.10. The molecule has 0 bridgehead atoms. The first-order valence-corrected chi connectivity index (χ1v) is 11.6. The summed E-state index contributed by atoms with van der Waals surface area (Å²) in [6.07, 6.45) is 0.793. The molecule has 0 fully saturated rings. The van der Waals surface area contributed by atoms with E-state index in [-0.39, 0.29) is 31.0 Å². The number of amides is 2. The van der Waals surface area contributed by atoms with Gasteiger partial charge < -0.3 is 15.0 Å². The van der Waals surface area contributed by atoms with Crippen LogP contribution in [0.1, 0.15) is 38.3 Å². The zero-order chi connectivity index (χ0) is 23.1. The van der Waals surface area contributed by atoms with Gasteiger partial charge in [-0.3, -0.25) is 9.59 Å². The molecule has 1 N–H and O–H groups in total. The molecule has 2 unspecified atom stereocenters. The van der Waals surface area contributed by atoms with Crippen molar-refractivity contribution in [2.75, 3.05) is 6.61 Å². The number of aryl methyl sites for hydroxylation is 1. The zero-order valence-corrected chi connectivity index (χ0v) is 21.1. The lowest BCUT2D eigenvalue weighted by Gasteiger charge is -2.30. The maximum Gasteiger partial charge on any atom is 0.261 e. The molecule has 2 aromatic carbocycles. The Morgan fingerprint density at radius 2 is 1.87 bits per heavy atom. The van der Waals surface area contributed by atoms with Crippen molar-refractivity contribution < 1.29 is 14.3 Å². The predicted octanol–water partition coefficient (Wildman–Crippen LogP) is 5.78. The summed E-state index contributed by atoms with van der Waals surface area (Å²) in [7, 11) is 0. The quantitative estimate of drug-likeness (QED) is 0.448. The molecule has 0 heterocycles. The highest BCUT2D eigenvalue weighted by Crippen LogP contribution is 2.24. The van der Waals surface area contributed by atoms with Crippen molar-refractivity contribution in [3.05, 3.63) is 62.0 Å². The summed E-state index contributed by atoms with van der Waals surface area (Å²) in [4.78, 5) is 27.3. The van der Waals surface area contributed by atoms with Gasteiger partial charge in [-0.25, -0.2) is 0 Å². The van der Waals surface area contributed by atoms with Crippen LogP contribution in [0.25, 0.3) is 0 Å². The van der Waals surface area contributed by atoms with Crippen LogP contribution in [-0.4, -0.2) is 35.4 Å². The third-order valence-corrected chi connectivity index (χ3v) is 6.49. The van der Waals surface area contributed by atoms with E-state index in [4.69, 9.17) is 27.9 Å². The van der Waals surface area contributed by atoms with Crippen molar-refractivity contribution in [3.63, 3.8) is 0 Å². The molecule has 2 atom stereocenters. The molecule has 2 amide bonds. The van der Waals surface area contributed by atoms with Gasteiger partial charge in [0.2, 0.25) is 5.91 Å². The van der Waals surface area contributed by atoms with Gasteiger partial charge in [0.1, 0.15) is 11.8 Å². The van der Waals surface area contributed by atoms with Gasteiger partial charge in [0.15, 0.2) is 6.61 Å². The van der Waals surface area contributed by atoms with Crippen molar-refractivity contribution in [3.8, 4) is 5.75 Å². The molecule has 0 aliphatic rings. The van der Waals surface area contributed by atoms with Crippen molar-refractivity contribution in [2.45, 2.75) is 52.7 Å². The highest BCUT2D eigenvalue weighted by Gasteiger charge is 2.27. The van der Waals surface area contributed by atoms with E-state index < -0.39 is 6.04 Å². The Morgan fingerprint density at radius 1 is 1.16 bits per heavy atom. The second-order valence-electron chi connectivity index (χ2n) is 7.45. The molecule has 0 saturated carbocycles. The lowest BCUT2D eigenvalue weighted by Crippen LogP contribution is -2.50. The van der Waals surface area contributed by atoms with Crippen molar-refractivity contribution in [2.24, 2.45) is 0 Å². The lowest BCUT2D eigenvalue weighted by molar-refractivity contribution is -0.142. The summed E-state index contributed by atoms with van der Waals surface area (Å²) in [6, 6.07) is 9.87. The minimum absolute atomic E-state index is 0.00742. The first-order chi connectivity index (χ1) is 14.6.